The number of anilines is 1. The van der Waals surface area contributed by atoms with Gasteiger partial charge in [-0.2, -0.15) is 0 Å². The molecular formula is C19H30N4OS. The minimum Gasteiger partial charge on any atom is -0.346 e. The first-order valence-corrected chi connectivity index (χ1v) is 10.9. The lowest BCUT2D eigenvalue weighted by Crippen LogP contribution is -2.54. The van der Waals surface area contributed by atoms with E-state index < -0.39 is 0 Å². The van der Waals surface area contributed by atoms with E-state index in [-0.39, 0.29) is 5.41 Å². The van der Waals surface area contributed by atoms with Gasteiger partial charge < -0.3 is 9.80 Å². The highest BCUT2D eigenvalue weighted by atomic mass is 32.1. The summed E-state index contributed by atoms with van der Waals surface area (Å²) in [6.45, 7) is 4.94. The Kier molecular flexibility index (Phi) is 4.98. The maximum absolute atomic E-state index is 13.4. The molecule has 1 atom stereocenters. The molecule has 1 saturated carbocycles. The molecular weight excluding hydrogens is 332 g/mol. The molecule has 3 aliphatic rings. The second-order valence-corrected chi connectivity index (χ2v) is 9.11. The third-order valence-corrected chi connectivity index (χ3v) is 7.37. The van der Waals surface area contributed by atoms with E-state index in [0.29, 0.717) is 11.9 Å². The quantitative estimate of drug-likeness (QED) is 0.820. The third kappa shape index (κ3) is 3.29. The van der Waals surface area contributed by atoms with E-state index in [4.69, 9.17) is 0 Å². The topological polar surface area (TPSA) is 49.3 Å². The van der Waals surface area contributed by atoms with Crippen LogP contribution in [0.25, 0.3) is 0 Å². The van der Waals surface area contributed by atoms with Crippen molar-refractivity contribution in [3.63, 3.8) is 0 Å². The van der Waals surface area contributed by atoms with Crippen molar-refractivity contribution >= 4 is 22.4 Å². The number of hydrogen-bond acceptors (Lipinski definition) is 5. The zero-order chi connectivity index (χ0) is 17.3. The molecule has 1 aliphatic carbocycles. The molecule has 0 aromatic carbocycles. The van der Waals surface area contributed by atoms with E-state index in [2.05, 4.69) is 26.9 Å². The molecule has 2 saturated heterocycles. The number of carbonyl (C=O) groups excluding carboxylic acids is 1. The van der Waals surface area contributed by atoms with Gasteiger partial charge in [0.05, 0.1) is 5.41 Å². The Labute approximate surface area is 154 Å². The average Bonchev–Trinajstić information content (AvgIpc) is 3.27. The normalized spacial score (nSPS) is 28.3. The summed E-state index contributed by atoms with van der Waals surface area (Å²) >= 11 is 1.71. The molecule has 4 rings (SSSR count). The van der Waals surface area contributed by atoms with Crippen molar-refractivity contribution < 1.29 is 4.79 Å². The van der Waals surface area contributed by atoms with Crippen LogP contribution < -0.4 is 4.90 Å². The van der Waals surface area contributed by atoms with Crippen molar-refractivity contribution in [1.29, 1.82) is 0 Å². The fraction of sp³-hybridized carbons (Fsp3) is 0.842. The van der Waals surface area contributed by atoms with Crippen LogP contribution in [0.1, 0.15) is 69.7 Å². The summed E-state index contributed by atoms with van der Waals surface area (Å²) in [5.41, 5.74) is -0.160. The molecule has 5 nitrogen and oxygen atoms in total. The molecule has 3 fully saturated rings. The molecule has 138 valence electrons. The molecule has 25 heavy (non-hydrogen) atoms. The van der Waals surface area contributed by atoms with E-state index in [9.17, 15) is 4.79 Å². The summed E-state index contributed by atoms with van der Waals surface area (Å²) in [4.78, 5) is 18.0. The maximum Gasteiger partial charge on any atom is 0.230 e. The second-order valence-electron chi connectivity index (χ2n) is 8.07. The Balaban J connectivity index is 1.46. The molecule has 1 aromatic rings. The highest BCUT2D eigenvalue weighted by Gasteiger charge is 2.50. The standard InChI is InChI=1S/C19H30N4OS/c1-2-7-16-20-21-18(25-16)22-13-11-19(14-22)10-6-12-23(17(19)24)15-8-4-3-5-9-15/h15H,2-14H2,1H3/t19-/m1/s1. The Morgan fingerprint density at radius 1 is 1.12 bits per heavy atom. The van der Waals surface area contributed by atoms with Gasteiger partial charge in [0.15, 0.2) is 0 Å². The second kappa shape index (κ2) is 7.22. The average molecular weight is 363 g/mol. The third-order valence-electron chi connectivity index (χ3n) is 6.33. The predicted octanol–water partition coefficient (Wildman–Crippen LogP) is 3.64. The molecule has 0 bridgehead atoms. The van der Waals surface area contributed by atoms with Gasteiger partial charge in [0.25, 0.3) is 0 Å². The first kappa shape index (κ1) is 17.3. The van der Waals surface area contributed by atoms with Gasteiger partial charge in [0.2, 0.25) is 11.0 Å². The van der Waals surface area contributed by atoms with Crippen LogP contribution in [-0.4, -0.2) is 46.7 Å². The van der Waals surface area contributed by atoms with Crippen LogP contribution in [0.3, 0.4) is 0 Å². The van der Waals surface area contributed by atoms with Crippen LogP contribution in [0.2, 0.25) is 0 Å². The Morgan fingerprint density at radius 3 is 2.76 bits per heavy atom. The van der Waals surface area contributed by atoms with Gasteiger partial charge in [-0.15, -0.1) is 10.2 Å². The van der Waals surface area contributed by atoms with E-state index in [1.807, 2.05) is 0 Å². The lowest BCUT2D eigenvalue weighted by atomic mass is 9.77. The largest absolute Gasteiger partial charge is 0.346 e. The Morgan fingerprint density at radius 2 is 1.96 bits per heavy atom. The summed E-state index contributed by atoms with van der Waals surface area (Å²) in [6.07, 6.45) is 11.6. The number of aryl methyl sites for hydroxylation is 1. The first-order chi connectivity index (χ1) is 12.2. The Bertz CT molecular complexity index is 612. The number of rotatable bonds is 4. The van der Waals surface area contributed by atoms with Gasteiger partial charge in [0.1, 0.15) is 5.01 Å². The van der Waals surface area contributed by atoms with Gasteiger partial charge in [-0.1, -0.05) is 37.5 Å². The van der Waals surface area contributed by atoms with Crippen molar-refractivity contribution in [1.82, 2.24) is 15.1 Å². The molecule has 0 radical (unpaired) electrons. The molecule has 1 amide bonds. The predicted molar refractivity (Wildman–Crippen MR) is 101 cm³/mol. The van der Waals surface area contributed by atoms with E-state index in [0.717, 1.165) is 61.9 Å². The minimum absolute atomic E-state index is 0.160. The Hall–Kier alpha value is -1.17. The van der Waals surface area contributed by atoms with Gasteiger partial charge >= 0.3 is 0 Å². The highest BCUT2D eigenvalue weighted by molar-refractivity contribution is 7.15. The van der Waals surface area contributed by atoms with E-state index in [1.165, 1.54) is 32.1 Å². The fourth-order valence-electron chi connectivity index (χ4n) is 4.94. The van der Waals surface area contributed by atoms with Gasteiger partial charge in [-0.3, -0.25) is 4.79 Å². The maximum atomic E-state index is 13.4. The molecule has 0 unspecified atom stereocenters. The lowest BCUT2D eigenvalue weighted by molar-refractivity contribution is -0.148. The van der Waals surface area contributed by atoms with Crippen molar-refractivity contribution in [3.8, 4) is 0 Å². The summed E-state index contributed by atoms with van der Waals surface area (Å²) in [7, 11) is 0. The number of nitrogens with zero attached hydrogens (tertiary/aromatic N) is 4. The van der Waals surface area contributed by atoms with Crippen molar-refractivity contribution in [2.45, 2.75) is 77.2 Å². The molecule has 0 N–H and O–H groups in total. The number of carbonyl (C=O) groups is 1. The molecule has 6 heteroatoms. The summed E-state index contributed by atoms with van der Waals surface area (Å²) in [5, 5.41) is 10.9. The van der Waals surface area contributed by atoms with Crippen LogP contribution in [0.5, 0.6) is 0 Å². The number of amides is 1. The number of piperidine rings is 1. The van der Waals surface area contributed by atoms with Crippen LogP contribution in [0.15, 0.2) is 0 Å². The van der Waals surface area contributed by atoms with E-state index in [1.54, 1.807) is 11.3 Å². The van der Waals surface area contributed by atoms with Crippen LogP contribution in [-0.2, 0) is 11.2 Å². The van der Waals surface area contributed by atoms with Gasteiger partial charge in [0, 0.05) is 32.1 Å². The summed E-state index contributed by atoms with van der Waals surface area (Å²) in [5.74, 6) is 0.437. The van der Waals surface area contributed by atoms with Crippen LogP contribution >= 0.6 is 11.3 Å². The molecule has 2 aliphatic heterocycles. The van der Waals surface area contributed by atoms with Crippen molar-refractivity contribution in [2.75, 3.05) is 24.5 Å². The van der Waals surface area contributed by atoms with Gasteiger partial charge in [-0.05, 0) is 38.5 Å². The van der Waals surface area contributed by atoms with E-state index >= 15 is 0 Å². The first-order valence-electron chi connectivity index (χ1n) is 10.1. The monoisotopic (exact) mass is 362 g/mol. The molecule has 1 spiro atoms. The highest BCUT2D eigenvalue weighted by Crippen LogP contribution is 2.43. The van der Waals surface area contributed by atoms with Crippen LogP contribution in [0, 0.1) is 5.41 Å². The zero-order valence-electron chi connectivity index (χ0n) is 15.4. The lowest BCUT2D eigenvalue weighted by Gasteiger charge is -2.44. The summed E-state index contributed by atoms with van der Waals surface area (Å²) < 4.78 is 0. The van der Waals surface area contributed by atoms with Crippen molar-refractivity contribution in [3.05, 3.63) is 5.01 Å². The zero-order valence-corrected chi connectivity index (χ0v) is 16.2. The number of aromatic nitrogens is 2. The summed E-state index contributed by atoms with van der Waals surface area (Å²) in [6, 6.07) is 0.505. The van der Waals surface area contributed by atoms with Crippen LogP contribution in [0.4, 0.5) is 5.13 Å². The smallest absolute Gasteiger partial charge is 0.230 e. The number of likely N-dealkylation sites (tertiary alicyclic amines) is 1. The molecule has 3 heterocycles. The molecule has 1 aromatic heterocycles. The fourth-order valence-corrected chi connectivity index (χ4v) is 5.91. The number of hydrogen-bond donors (Lipinski definition) is 0. The van der Waals surface area contributed by atoms with Gasteiger partial charge in [-0.25, -0.2) is 0 Å². The van der Waals surface area contributed by atoms with Crippen molar-refractivity contribution in [2.24, 2.45) is 5.41 Å². The minimum atomic E-state index is -0.160. The SMILES string of the molecule is CCCc1nnc(N2CC[C@]3(CCCN(C4CCCCC4)C3=O)C2)s1.